The Hall–Kier alpha value is -4.54. The van der Waals surface area contributed by atoms with Crippen molar-refractivity contribution in [3.63, 3.8) is 0 Å². The number of nitrogens with two attached hydrogens (primary N) is 1. The quantitative estimate of drug-likeness (QED) is 0.0872. The number of nitrogens with zero attached hydrogens (tertiary/aromatic N) is 3. The number of carbonyl (C=O) groups is 4. The van der Waals surface area contributed by atoms with Crippen LogP contribution in [0.5, 0.6) is 0 Å². The minimum absolute atomic E-state index is 0.0358. The minimum Gasteiger partial charge on any atom is -0.384 e. The molecule has 2 atom stereocenters. The van der Waals surface area contributed by atoms with Crippen molar-refractivity contribution in [1.82, 2.24) is 20.0 Å². The van der Waals surface area contributed by atoms with Gasteiger partial charge in [-0.2, -0.15) is 13.2 Å². The van der Waals surface area contributed by atoms with Gasteiger partial charge < -0.3 is 20.4 Å². The normalized spacial score (nSPS) is 18.8. The van der Waals surface area contributed by atoms with Crippen LogP contribution in [0.1, 0.15) is 52.8 Å². The summed E-state index contributed by atoms with van der Waals surface area (Å²) in [6, 6.07) is 15.1. The van der Waals surface area contributed by atoms with Crippen LogP contribution >= 0.6 is 11.8 Å². The summed E-state index contributed by atoms with van der Waals surface area (Å²) in [6.07, 6.45) is 2.15. The molecule has 59 heavy (non-hydrogen) atoms. The maximum Gasteiger partial charge on any atom is 0.501 e. The van der Waals surface area contributed by atoms with Crippen molar-refractivity contribution < 1.29 is 49.2 Å². The lowest BCUT2D eigenvalue weighted by Gasteiger charge is -2.35. The van der Waals surface area contributed by atoms with Gasteiger partial charge in [0.2, 0.25) is 21.8 Å². The lowest BCUT2D eigenvalue weighted by Crippen LogP contribution is -2.54. The van der Waals surface area contributed by atoms with Crippen molar-refractivity contribution in [2.75, 3.05) is 62.2 Å². The van der Waals surface area contributed by atoms with Crippen molar-refractivity contribution in [3.8, 4) is 0 Å². The number of sulfone groups is 1. The second-order valence-electron chi connectivity index (χ2n) is 14.4. The summed E-state index contributed by atoms with van der Waals surface area (Å²) in [7, 11) is -10.4. The van der Waals surface area contributed by atoms with E-state index in [1.165, 1.54) is 11.8 Å². The Kier molecular flexibility index (Phi) is 13.7. The van der Waals surface area contributed by atoms with Crippen LogP contribution in [-0.2, 0) is 29.4 Å². The third-order valence-corrected chi connectivity index (χ3v) is 14.0. The number of hydrogen-bond donors (Lipinski definition) is 4. The highest BCUT2D eigenvalue weighted by Gasteiger charge is 2.49. The van der Waals surface area contributed by atoms with Crippen molar-refractivity contribution in [1.29, 1.82) is 0 Å². The fourth-order valence-electron chi connectivity index (χ4n) is 7.20. The van der Waals surface area contributed by atoms with Crippen LogP contribution in [0.3, 0.4) is 0 Å². The average molecular weight is 880 g/mol. The van der Waals surface area contributed by atoms with E-state index in [1.807, 2.05) is 30.3 Å². The lowest BCUT2D eigenvalue weighted by atomic mass is 10.0. The fourth-order valence-corrected chi connectivity index (χ4v) is 9.75. The van der Waals surface area contributed by atoms with E-state index in [9.17, 15) is 49.2 Å². The van der Waals surface area contributed by atoms with Crippen molar-refractivity contribution in [3.05, 3.63) is 77.9 Å². The molecule has 3 aliphatic rings. The highest BCUT2D eigenvalue weighted by molar-refractivity contribution is 7.99. The number of nitrogens with one attached hydrogen (secondary N) is 3. The predicted octanol–water partition coefficient (Wildman–Crippen LogP) is 3.50. The predicted molar refractivity (Wildman–Crippen MR) is 214 cm³/mol. The van der Waals surface area contributed by atoms with Gasteiger partial charge in [0.05, 0.1) is 21.7 Å². The van der Waals surface area contributed by atoms with Gasteiger partial charge in [-0.15, -0.1) is 11.8 Å². The number of benzene rings is 3. The third-order valence-electron chi connectivity index (χ3n) is 10.4. The SMILES string of the molecule is NS(=O)(=O)c1ccc(NC(CCN2CCN(CCCCNc3cccc4c3C(=O)N(C3CCC(=O)NC3=O)C4=O)CC2)CSc2ccccc2)c(S(=O)(=O)C(F)(F)F)c1. The molecular formula is C38H44F3N7O8S3. The number of piperazine rings is 1. The monoisotopic (exact) mass is 879 g/mol. The molecule has 2 saturated heterocycles. The summed E-state index contributed by atoms with van der Waals surface area (Å²) < 4.78 is 90.3. The molecular weight excluding hydrogens is 836 g/mol. The molecule has 0 saturated carbocycles. The summed E-state index contributed by atoms with van der Waals surface area (Å²) in [5.41, 5.74) is -5.14. The smallest absolute Gasteiger partial charge is 0.384 e. The lowest BCUT2D eigenvalue weighted by molar-refractivity contribution is -0.136. The van der Waals surface area contributed by atoms with Crippen LogP contribution in [0.4, 0.5) is 24.5 Å². The molecule has 6 rings (SSSR count). The first-order chi connectivity index (χ1) is 27.9. The standard InChI is InChI=1S/C38H44F3N7O8S3/c39-38(40,41)58(53,54)32-23-27(59(42,55)56)11-12-29(32)44-25(24-57-26-7-2-1-3-8-26)15-18-47-21-19-46(20-22-47)17-5-4-16-43-30-10-6-9-28-34(30)37(52)48(36(28)51)31-13-14-33(49)45-35(31)50/h1-3,6-12,23,25,31,43-44H,4-5,13-22,24H2,(H2,42,55,56)(H,45,49,50). The van der Waals surface area contributed by atoms with Gasteiger partial charge in [-0.3, -0.25) is 29.4 Å². The average Bonchev–Trinajstić information content (AvgIpc) is 3.44. The molecule has 3 aromatic carbocycles. The van der Waals surface area contributed by atoms with Gasteiger partial charge in [-0.1, -0.05) is 24.3 Å². The maximum absolute atomic E-state index is 13.7. The second-order valence-corrected chi connectivity index (χ2v) is 19.0. The molecule has 4 amide bonds. The molecule has 0 bridgehead atoms. The van der Waals surface area contributed by atoms with Crippen molar-refractivity contribution >= 4 is 66.6 Å². The highest BCUT2D eigenvalue weighted by atomic mass is 32.2. The van der Waals surface area contributed by atoms with Crippen molar-refractivity contribution in [2.24, 2.45) is 5.14 Å². The van der Waals surface area contributed by atoms with Crippen LogP contribution < -0.4 is 21.1 Å². The van der Waals surface area contributed by atoms with E-state index < -0.39 is 70.9 Å². The van der Waals surface area contributed by atoms with E-state index in [2.05, 4.69) is 25.8 Å². The number of fused-ring (bicyclic) bond motifs is 1. The number of hydrogen-bond acceptors (Lipinski definition) is 13. The molecule has 3 aliphatic heterocycles. The summed E-state index contributed by atoms with van der Waals surface area (Å²) in [4.78, 5) is 54.9. The largest absolute Gasteiger partial charge is 0.501 e. The zero-order valence-corrected chi connectivity index (χ0v) is 34.2. The highest BCUT2D eigenvalue weighted by Crippen LogP contribution is 2.37. The van der Waals surface area contributed by atoms with E-state index in [0.29, 0.717) is 37.0 Å². The third kappa shape index (κ3) is 10.4. The summed E-state index contributed by atoms with van der Waals surface area (Å²) in [5.74, 6) is -1.88. The first kappa shape index (κ1) is 44.0. The Bertz CT molecular complexity index is 2290. The van der Waals surface area contributed by atoms with Gasteiger partial charge in [0.25, 0.3) is 21.7 Å². The second kappa shape index (κ2) is 18.4. The minimum atomic E-state index is -5.94. The Morgan fingerprint density at radius 3 is 2.20 bits per heavy atom. The van der Waals surface area contributed by atoms with Gasteiger partial charge in [0.15, 0.2) is 0 Å². The molecule has 0 radical (unpaired) electrons. The number of halogens is 3. The number of thioether (sulfide) groups is 1. The van der Waals surface area contributed by atoms with Crippen LogP contribution in [0, 0.1) is 0 Å². The van der Waals surface area contributed by atoms with Gasteiger partial charge >= 0.3 is 5.51 Å². The van der Waals surface area contributed by atoms with Crippen LogP contribution in [0.2, 0.25) is 0 Å². The Labute approximate surface area is 344 Å². The topological polar surface area (TPSA) is 208 Å². The maximum atomic E-state index is 13.7. The van der Waals surface area contributed by atoms with Crippen molar-refractivity contribution in [2.45, 2.75) is 64.4 Å². The number of primary sulfonamides is 1. The molecule has 2 unspecified atom stereocenters. The number of unbranched alkanes of at least 4 members (excludes halogenated alkanes) is 1. The van der Waals surface area contributed by atoms with E-state index in [0.717, 1.165) is 67.5 Å². The number of anilines is 2. The van der Waals surface area contributed by atoms with E-state index >= 15 is 0 Å². The molecule has 3 aromatic rings. The Balaban J connectivity index is 1.00. The fraction of sp³-hybridized carbons (Fsp3) is 0.421. The van der Waals surface area contributed by atoms with Crippen LogP contribution in [0.15, 0.2) is 81.4 Å². The van der Waals surface area contributed by atoms with Crippen LogP contribution in [0.25, 0.3) is 0 Å². The Morgan fingerprint density at radius 1 is 0.847 bits per heavy atom. The zero-order valence-electron chi connectivity index (χ0n) is 31.7. The summed E-state index contributed by atoms with van der Waals surface area (Å²) >= 11 is 1.44. The number of carbonyl (C=O) groups excluding carboxylic acids is 4. The molecule has 0 aromatic heterocycles. The van der Waals surface area contributed by atoms with E-state index in [4.69, 9.17) is 5.14 Å². The molecule has 0 aliphatic carbocycles. The van der Waals surface area contributed by atoms with Gasteiger partial charge in [-0.05, 0) is 74.7 Å². The summed E-state index contributed by atoms with van der Waals surface area (Å²) in [6.45, 7) is 4.89. The number of rotatable bonds is 17. The number of sulfonamides is 1. The number of piperidine rings is 1. The first-order valence-corrected chi connectivity index (χ1v) is 22.9. The molecule has 21 heteroatoms. The van der Waals surface area contributed by atoms with E-state index in [1.54, 1.807) is 18.2 Å². The molecule has 3 heterocycles. The number of imide groups is 2. The number of alkyl halides is 3. The molecule has 318 valence electrons. The number of amides is 4. The summed E-state index contributed by atoms with van der Waals surface area (Å²) in [5, 5.41) is 13.6. The molecule has 5 N–H and O–H groups in total. The van der Waals surface area contributed by atoms with Gasteiger partial charge in [-0.25, -0.2) is 22.0 Å². The zero-order chi connectivity index (χ0) is 42.5. The van der Waals surface area contributed by atoms with Crippen LogP contribution in [-0.4, -0.2) is 124 Å². The van der Waals surface area contributed by atoms with Gasteiger partial charge in [0, 0.05) is 68.1 Å². The van der Waals surface area contributed by atoms with Gasteiger partial charge in [0.1, 0.15) is 10.9 Å². The molecule has 0 spiro atoms. The first-order valence-electron chi connectivity index (χ1n) is 18.9. The Morgan fingerprint density at radius 2 is 1.54 bits per heavy atom. The molecule has 2 fully saturated rings. The van der Waals surface area contributed by atoms with E-state index in [-0.39, 0.29) is 29.7 Å². The molecule has 15 nitrogen and oxygen atoms in total.